The molecule has 1 aliphatic rings. The van der Waals surface area contributed by atoms with Gasteiger partial charge < -0.3 is 4.90 Å². The molecule has 0 saturated carbocycles. The zero-order valence-electron chi connectivity index (χ0n) is 17.3. The van der Waals surface area contributed by atoms with Gasteiger partial charge in [0.15, 0.2) is 0 Å². The smallest absolute Gasteiger partial charge is 0.281 e. The number of nitro groups is 1. The number of carbonyl (C=O) groups excluding carboxylic acids is 2. The number of benzene rings is 2. The van der Waals surface area contributed by atoms with Crippen molar-refractivity contribution in [3.63, 3.8) is 0 Å². The predicted molar refractivity (Wildman–Crippen MR) is 122 cm³/mol. The molecule has 1 aromatic heterocycles. The van der Waals surface area contributed by atoms with Crippen LogP contribution in [-0.2, 0) is 0 Å². The maximum absolute atomic E-state index is 12.9. The van der Waals surface area contributed by atoms with Gasteiger partial charge in [0.25, 0.3) is 17.5 Å². The van der Waals surface area contributed by atoms with E-state index in [0.717, 1.165) is 31.5 Å². The van der Waals surface area contributed by atoms with Crippen molar-refractivity contribution in [1.29, 1.82) is 0 Å². The van der Waals surface area contributed by atoms with Crippen molar-refractivity contribution in [2.24, 2.45) is 0 Å². The van der Waals surface area contributed by atoms with E-state index in [-0.39, 0.29) is 11.3 Å². The maximum Gasteiger partial charge on any atom is 0.281 e. The van der Waals surface area contributed by atoms with Crippen molar-refractivity contribution in [3.05, 3.63) is 74.8 Å². The van der Waals surface area contributed by atoms with E-state index in [1.54, 1.807) is 13.0 Å². The van der Waals surface area contributed by atoms with Gasteiger partial charge in [0.05, 0.1) is 21.9 Å². The van der Waals surface area contributed by atoms with Gasteiger partial charge in [0.2, 0.25) is 0 Å². The summed E-state index contributed by atoms with van der Waals surface area (Å²) in [5.74, 6) is -1.11. The number of thiazole rings is 1. The van der Waals surface area contributed by atoms with Crippen LogP contribution in [0.5, 0.6) is 0 Å². The lowest BCUT2D eigenvalue weighted by molar-refractivity contribution is -0.384. The Hall–Kier alpha value is -3.79. The van der Waals surface area contributed by atoms with Gasteiger partial charge in [-0.3, -0.25) is 30.6 Å². The topological polar surface area (TPSA) is 117 Å². The minimum Gasteiger partial charge on any atom is -0.371 e. The Morgan fingerprint density at radius 2 is 1.75 bits per heavy atom. The molecule has 1 aliphatic heterocycles. The molecule has 9 nitrogen and oxygen atoms in total. The van der Waals surface area contributed by atoms with E-state index in [1.165, 1.54) is 23.5 Å². The first-order valence-corrected chi connectivity index (χ1v) is 10.9. The monoisotopic (exact) mass is 451 g/mol. The normalized spacial score (nSPS) is 13.1. The van der Waals surface area contributed by atoms with Crippen LogP contribution in [-0.4, -0.2) is 34.8 Å². The summed E-state index contributed by atoms with van der Waals surface area (Å²) in [7, 11) is 0. The molecule has 0 aliphatic carbocycles. The molecule has 2 aromatic carbocycles. The van der Waals surface area contributed by atoms with Crippen molar-refractivity contribution in [2.45, 2.75) is 19.8 Å². The van der Waals surface area contributed by atoms with Crippen LogP contribution >= 0.6 is 11.3 Å². The van der Waals surface area contributed by atoms with Gasteiger partial charge >= 0.3 is 0 Å². The van der Waals surface area contributed by atoms with Crippen LogP contribution in [0, 0.1) is 17.0 Å². The Morgan fingerprint density at radius 1 is 1.06 bits per heavy atom. The summed E-state index contributed by atoms with van der Waals surface area (Å²) in [6, 6.07) is 13.7. The van der Waals surface area contributed by atoms with Crippen LogP contribution in [0.15, 0.2) is 48.5 Å². The van der Waals surface area contributed by atoms with Gasteiger partial charge in [0, 0.05) is 30.8 Å². The minimum atomic E-state index is -0.616. The largest absolute Gasteiger partial charge is 0.371 e. The lowest BCUT2D eigenvalue weighted by atomic mass is 10.1. The molecule has 3 aromatic rings. The number of non-ortho nitro benzene ring substituents is 1. The molecule has 4 rings (SSSR count). The number of rotatable bonds is 5. The van der Waals surface area contributed by atoms with E-state index in [4.69, 9.17) is 0 Å². The van der Waals surface area contributed by atoms with Crippen molar-refractivity contribution in [1.82, 2.24) is 15.8 Å². The zero-order chi connectivity index (χ0) is 22.7. The predicted octanol–water partition coefficient (Wildman–Crippen LogP) is 3.70. The third-order valence-corrected chi connectivity index (χ3v) is 6.40. The Labute approximate surface area is 188 Å². The number of hydrogen-bond acceptors (Lipinski definition) is 7. The van der Waals surface area contributed by atoms with Gasteiger partial charge in [-0.15, -0.1) is 11.3 Å². The quantitative estimate of drug-likeness (QED) is 0.451. The minimum absolute atomic E-state index is 0.146. The van der Waals surface area contributed by atoms with E-state index >= 15 is 0 Å². The molecule has 2 N–H and O–H groups in total. The fraction of sp³-hybridized carbons (Fsp3) is 0.227. The highest BCUT2D eigenvalue weighted by atomic mass is 32.1. The Balaban J connectivity index is 1.51. The molecule has 32 heavy (non-hydrogen) atoms. The molecule has 164 valence electrons. The van der Waals surface area contributed by atoms with Crippen LogP contribution in [0.25, 0.3) is 10.6 Å². The summed E-state index contributed by atoms with van der Waals surface area (Å²) >= 11 is 1.23. The molecular weight excluding hydrogens is 430 g/mol. The zero-order valence-corrected chi connectivity index (χ0v) is 18.1. The maximum atomic E-state index is 12.9. The summed E-state index contributed by atoms with van der Waals surface area (Å²) < 4.78 is 0. The number of hydrogen-bond donors (Lipinski definition) is 2. The second-order valence-corrected chi connectivity index (χ2v) is 8.36. The van der Waals surface area contributed by atoms with Gasteiger partial charge in [-0.2, -0.15) is 0 Å². The highest BCUT2D eigenvalue weighted by Crippen LogP contribution is 2.29. The summed E-state index contributed by atoms with van der Waals surface area (Å²) in [4.78, 5) is 43.0. The Kier molecular flexibility index (Phi) is 6.13. The lowest BCUT2D eigenvalue weighted by Crippen LogP contribution is -2.42. The molecule has 0 unspecified atom stereocenters. The molecule has 2 amide bonds. The standard InChI is InChI=1S/C22H21N5O4S/c1-14-19(32-22(23-14)15-7-3-2-4-8-15)21(29)25-24-20(28)17-13-16(27(30)31)9-10-18(17)26-11-5-6-12-26/h2-4,7-10,13H,5-6,11-12H2,1H3,(H,24,28)(H,25,29). The van der Waals surface area contributed by atoms with Gasteiger partial charge in [-0.05, 0) is 25.8 Å². The number of nitrogens with one attached hydrogen (secondary N) is 2. The van der Waals surface area contributed by atoms with Gasteiger partial charge in [0.1, 0.15) is 9.88 Å². The van der Waals surface area contributed by atoms with Crippen LogP contribution in [0.2, 0.25) is 0 Å². The lowest BCUT2D eigenvalue weighted by Gasteiger charge is -2.20. The Bertz CT molecular complexity index is 1170. The molecule has 0 atom stereocenters. The average molecular weight is 452 g/mol. The Morgan fingerprint density at radius 3 is 2.44 bits per heavy atom. The second kappa shape index (κ2) is 9.15. The molecule has 0 spiro atoms. The molecule has 1 saturated heterocycles. The number of carbonyl (C=O) groups is 2. The number of aryl methyl sites for hydroxylation is 1. The average Bonchev–Trinajstić information content (AvgIpc) is 3.47. The fourth-order valence-corrected chi connectivity index (χ4v) is 4.57. The van der Waals surface area contributed by atoms with Crippen LogP contribution in [0.1, 0.15) is 38.6 Å². The summed E-state index contributed by atoms with van der Waals surface area (Å²) in [5.41, 5.74) is 6.83. The van der Waals surface area contributed by atoms with E-state index < -0.39 is 16.7 Å². The third-order valence-electron chi connectivity index (χ3n) is 5.20. The summed E-state index contributed by atoms with van der Waals surface area (Å²) in [6.07, 6.45) is 1.98. The van der Waals surface area contributed by atoms with Crippen LogP contribution in [0.4, 0.5) is 11.4 Å². The van der Waals surface area contributed by atoms with E-state index in [0.29, 0.717) is 21.3 Å². The number of aromatic nitrogens is 1. The van der Waals surface area contributed by atoms with E-state index in [9.17, 15) is 19.7 Å². The van der Waals surface area contributed by atoms with Gasteiger partial charge in [-0.25, -0.2) is 4.98 Å². The first-order valence-electron chi connectivity index (χ1n) is 10.1. The molecule has 0 radical (unpaired) electrons. The molecule has 0 bridgehead atoms. The van der Waals surface area contributed by atoms with Crippen molar-refractivity contribution in [3.8, 4) is 10.6 Å². The SMILES string of the molecule is Cc1nc(-c2ccccc2)sc1C(=O)NNC(=O)c1cc([N+](=O)[O-])ccc1N1CCCC1. The number of nitro benzene ring substituents is 1. The van der Waals surface area contributed by atoms with E-state index in [2.05, 4.69) is 15.8 Å². The molecule has 10 heteroatoms. The summed E-state index contributed by atoms with van der Waals surface area (Å²) in [5, 5.41) is 11.9. The first-order chi connectivity index (χ1) is 15.4. The third kappa shape index (κ3) is 4.45. The van der Waals surface area contributed by atoms with Crippen molar-refractivity contribution in [2.75, 3.05) is 18.0 Å². The second-order valence-electron chi connectivity index (χ2n) is 7.36. The molecular formula is C22H21N5O4S. The first kappa shape index (κ1) is 21.4. The van der Waals surface area contributed by atoms with Crippen LogP contribution < -0.4 is 15.8 Å². The highest BCUT2D eigenvalue weighted by molar-refractivity contribution is 7.17. The number of amides is 2. The van der Waals surface area contributed by atoms with Crippen molar-refractivity contribution < 1.29 is 14.5 Å². The molecule has 2 heterocycles. The van der Waals surface area contributed by atoms with Crippen molar-refractivity contribution >= 4 is 34.5 Å². The van der Waals surface area contributed by atoms with Crippen LogP contribution in [0.3, 0.4) is 0 Å². The number of nitrogens with zero attached hydrogens (tertiary/aromatic N) is 3. The van der Waals surface area contributed by atoms with E-state index in [1.807, 2.05) is 35.2 Å². The molecule has 1 fully saturated rings. The number of anilines is 1. The highest BCUT2D eigenvalue weighted by Gasteiger charge is 2.23. The number of hydrazine groups is 1. The summed E-state index contributed by atoms with van der Waals surface area (Å²) in [6.45, 7) is 3.27. The fourth-order valence-electron chi connectivity index (χ4n) is 3.60. The van der Waals surface area contributed by atoms with Gasteiger partial charge in [-0.1, -0.05) is 30.3 Å².